The van der Waals surface area contributed by atoms with Gasteiger partial charge in [0.25, 0.3) is 0 Å². The van der Waals surface area contributed by atoms with Crippen LogP contribution in [0.3, 0.4) is 0 Å². The van der Waals surface area contributed by atoms with Crippen molar-refractivity contribution in [3.05, 3.63) is 35.9 Å². The quantitative estimate of drug-likeness (QED) is 0.789. The number of benzene rings is 1. The van der Waals surface area contributed by atoms with Gasteiger partial charge in [-0.2, -0.15) is 0 Å². The lowest BCUT2D eigenvalue weighted by Crippen LogP contribution is -2.36. The molecule has 1 atom stereocenters. The van der Waals surface area contributed by atoms with Crippen molar-refractivity contribution in [2.45, 2.75) is 29.7 Å². The number of halogens is 1. The van der Waals surface area contributed by atoms with Gasteiger partial charge < -0.3 is 5.11 Å². The molecule has 0 aromatic heterocycles. The van der Waals surface area contributed by atoms with Crippen molar-refractivity contribution in [3.63, 3.8) is 0 Å². The first-order chi connectivity index (χ1) is 6.22. The molecule has 1 fully saturated rings. The smallest absolute Gasteiger partial charge is 0.0943 e. The molecule has 2 heteroatoms. The Morgan fingerprint density at radius 1 is 1.23 bits per heavy atom. The number of aliphatic hydroxyl groups excluding tert-OH is 1. The maximum absolute atomic E-state index is 10.1. The molecule has 0 heterocycles. The first kappa shape index (κ1) is 9.22. The molecule has 1 N–H and O–H groups in total. The Labute approximate surface area is 86.9 Å². The zero-order chi connectivity index (χ0) is 9.31. The fraction of sp³-hybridized carbons (Fsp3) is 0.455. The normalized spacial score (nSPS) is 22.0. The first-order valence-corrected chi connectivity index (χ1v) is 5.44. The summed E-state index contributed by atoms with van der Waals surface area (Å²) in [6.45, 7) is 0. The second-order valence-corrected chi connectivity index (χ2v) is 5.28. The number of alkyl halides is 1. The summed E-state index contributed by atoms with van der Waals surface area (Å²) in [6, 6.07) is 9.86. The summed E-state index contributed by atoms with van der Waals surface area (Å²) in [5.74, 6) is 0. The Kier molecular flexibility index (Phi) is 2.43. The van der Waals surface area contributed by atoms with Gasteiger partial charge in [0, 0.05) is 0 Å². The molecule has 1 aliphatic rings. The lowest BCUT2D eigenvalue weighted by molar-refractivity contribution is 0.0916. The van der Waals surface area contributed by atoms with Crippen molar-refractivity contribution in [2.24, 2.45) is 0 Å². The van der Waals surface area contributed by atoms with Crippen molar-refractivity contribution in [2.75, 3.05) is 0 Å². The van der Waals surface area contributed by atoms with E-state index in [1.807, 2.05) is 30.3 Å². The van der Waals surface area contributed by atoms with Gasteiger partial charge >= 0.3 is 0 Å². The lowest BCUT2D eigenvalue weighted by atomic mass is 9.78. The lowest BCUT2D eigenvalue weighted by Gasteiger charge is -2.40. The Bertz CT molecular complexity index is 279. The predicted molar refractivity (Wildman–Crippen MR) is 56.9 cm³/mol. The minimum absolute atomic E-state index is 0.0473. The molecule has 1 saturated carbocycles. The summed E-state index contributed by atoms with van der Waals surface area (Å²) in [5.41, 5.74) is 1.01. The van der Waals surface area contributed by atoms with Gasteiger partial charge in [0.15, 0.2) is 0 Å². The van der Waals surface area contributed by atoms with E-state index in [4.69, 9.17) is 0 Å². The van der Waals surface area contributed by atoms with Crippen molar-refractivity contribution < 1.29 is 5.11 Å². The summed E-state index contributed by atoms with van der Waals surface area (Å²) in [7, 11) is 0. The molecule has 1 aromatic carbocycles. The van der Waals surface area contributed by atoms with Crippen LogP contribution >= 0.6 is 15.9 Å². The number of aliphatic hydroxyl groups is 1. The molecule has 1 unspecified atom stereocenters. The van der Waals surface area contributed by atoms with Gasteiger partial charge in [0.1, 0.15) is 0 Å². The molecule has 1 aromatic rings. The molecule has 0 aliphatic heterocycles. The molecule has 13 heavy (non-hydrogen) atoms. The fourth-order valence-electron chi connectivity index (χ4n) is 1.72. The van der Waals surface area contributed by atoms with E-state index in [2.05, 4.69) is 15.9 Å². The number of rotatable bonds is 2. The average Bonchev–Trinajstić information content (AvgIpc) is 2.14. The van der Waals surface area contributed by atoms with E-state index in [9.17, 15) is 5.11 Å². The Balaban J connectivity index is 2.17. The predicted octanol–water partition coefficient (Wildman–Crippen LogP) is 3.04. The van der Waals surface area contributed by atoms with Crippen LogP contribution in [0, 0.1) is 0 Å². The Morgan fingerprint density at radius 2 is 1.85 bits per heavy atom. The van der Waals surface area contributed by atoms with E-state index in [0.717, 1.165) is 18.4 Å². The molecule has 1 nitrogen and oxygen atoms in total. The van der Waals surface area contributed by atoms with Crippen LogP contribution in [0.2, 0.25) is 0 Å². The molecule has 2 rings (SSSR count). The third kappa shape index (κ3) is 1.65. The summed E-state index contributed by atoms with van der Waals surface area (Å²) < 4.78 is -0.0473. The topological polar surface area (TPSA) is 20.2 Å². The molecule has 0 spiro atoms. The fourth-order valence-corrected chi connectivity index (χ4v) is 2.55. The van der Waals surface area contributed by atoms with E-state index in [1.54, 1.807) is 0 Å². The molecular formula is C11H13BrO. The molecule has 0 saturated heterocycles. The molecule has 0 bridgehead atoms. The van der Waals surface area contributed by atoms with Crippen molar-refractivity contribution in [1.29, 1.82) is 0 Å². The second kappa shape index (κ2) is 3.43. The molecule has 0 amide bonds. The van der Waals surface area contributed by atoms with Gasteiger partial charge in [-0.3, -0.25) is 0 Å². The van der Waals surface area contributed by atoms with Crippen LogP contribution in [-0.4, -0.2) is 9.43 Å². The first-order valence-electron chi connectivity index (χ1n) is 4.64. The van der Waals surface area contributed by atoms with E-state index >= 15 is 0 Å². The minimum Gasteiger partial charge on any atom is -0.387 e. The Morgan fingerprint density at radius 3 is 2.31 bits per heavy atom. The highest BCUT2D eigenvalue weighted by Gasteiger charge is 2.41. The van der Waals surface area contributed by atoms with Crippen LogP contribution in [0.1, 0.15) is 30.9 Å². The van der Waals surface area contributed by atoms with E-state index < -0.39 is 0 Å². The molecule has 1 aliphatic carbocycles. The van der Waals surface area contributed by atoms with Gasteiger partial charge in [0.2, 0.25) is 0 Å². The van der Waals surface area contributed by atoms with Crippen LogP contribution in [0.25, 0.3) is 0 Å². The number of hydrogen-bond acceptors (Lipinski definition) is 1. The van der Waals surface area contributed by atoms with Crippen LogP contribution < -0.4 is 0 Å². The summed E-state index contributed by atoms with van der Waals surface area (Å²) in [6.07, 6.45) is 3.00. The van der Waals surface area contributed by atoms with Gasteiger partial charge in [-0.15, -0.1) is 0 Å². The maximum Gasteiger partial charge on any atom is 0.0943 e. The van der Waals surface area contributed by atoms with Crippen molar-refractivity contribution in [3.8, 4) is 0 Å². The van der Waals surface area contributed by atoms with Crippen molar-refractivity contribution in [1.82, 2.24) is 0 Å². The number of hydrogen-bond donors (Lipinski definition) is 1. The van der Waals surface area contributed by atoms with Gasteiger partial charge in [0.05, 0.1) is 10.4 Å². The largest absolute Gasteiger partial charge is 0.387 e. The van der Waals surface area contributed by atoms with Gasteiger partial charge in [-0.1, -0.05) is 52.7 Å². The van der Waals surface area contributed by atoms with E-state index in [-0.39, 0.29) is 10.4 Å². The van der Waals surface area contributed by atoms with Crippen molar-refractivity contribution >= 4 is 15.9 Å². The zero-order valence-electron chi connectivity index (χ0n) is 7.41. The van der Waals surface area contributed by atoms with Gasteiger partial charge in [-0.25, -0.2) is 0 Å². The average molecular weight is 241 g/mol. The third-order valence-corrected chi connectivity index (χ3v) is 4.02. The van der Waals surface area contributed by atoms with E-state index in [0.29, 0.717) is 0 Å². The maximum atomic E-state index is 10.1. The van der Waals surface area contributed by atoms with Crippen LogP contribution in [0.4, 0.5) is 0 Å². The summed E-state index contributed by atoms with van der Waals surface area (Å²) in [4.78, 5) is 0. The molecule has 0 radical (unpaired) electrons. The van der Waals surface area contributed by atoms with Crippen LogP contribution in [0.5, 0.6) is 0 Å². The van der Waals surface area contributed by atoms with Gasteiger partial charge in [-0.05, 0) is 18.4 Å². The second-order valence-electron chi connectivity index (χ2n) is 3.70. The summed E-state index contributed by atoms with van der Waals surface area (Å²) in [5, 5.41) is 10.1. The molecular weight excluding hydrogens is 228 g/mol. The van der Waals surface area contributed by atoms with Crippen LogP contribution in [0.15, 0.2) is 30.3 Å². The highest BCUT2D eigenvalue weighted by atomic mass is 79.9. The Hall–Kier alpha value is -0.340. The molecule has 70 valence electrons. The summed E-state index contributed by atoms with van der Waals surface area (Å²) >= 11 is 3.62. The zero-order valence-corrected chi connectivity index (χ0v) is 9.00. The SMILES string of the molecule is OC(c1ccccc1)C1(Br)CCC1. The third-order valence-electron chi connectivity index (χ3n) is 2.79. The highest BCUT2D eigenvalue weighted by Crippen LogP contribution is 2.48. The van der Waals surface area contributed by atoms with E-state index in [1.165, 1.54) is 6.42 Å². The standard InChI is InChI=1S/C11H13BrO/c12-11(7-4-8-11)10(13)9-5-2-1-3-6-9/h1-3,5-6,10,13H,4,7-8H2. The highest BCUT2D eigenvalue weighted by molar-refractivity contribution is 9.10. The monoisotopic (exact) mass is 240 g/mol. The van der Waals surface area contributed by atoms with Crippen LogP contribution in [-0.2, 0) is 0 Å². The minimum atomic E-state index is -0.359.